The molecule has 1 aliphatic heterocycles. The first-order valence-corrected chi connectivity index (χ1v) is 11.1. The van der Waals surface area contributed by atoms with Crippen molar-refractivity contribution < 1.29 is 13.2 Å². The largest absolute Gasteiger partial charge is 0.476 e. The molecule has 3 rings (SSSR count). The van der Waals surface area contributed by atoms with E-state index in [9.17, 15) is 8.42 Å². The van der Waals surface area contributed by atoms with E-state index in [2.05, 4.69) is 33.9 Å². The summed E-state index contributed by atoms with van der Waals surface area (Å²) >= 11 is 0. The molecule has 28 heavy (non-hydrogen) atoms. The van der Waals surface area contributed by atoms with Gasteiger partial charge in [0.2, 0.25) is 5.88 Å². The van der Waals surface area contributed by atoms with E-state index in [1.165, 1.54) is 18.0 Å². The standard InChI is InChI=1S/C20H24N4O3S/c1-15-8-18(14-27-19-11-23-20(12-22-19)28(2,25)26)13-24(15)7-6-16-4-3-5-17(9-16)10-21/h3-5,9,11-12,15,18H,6-8,13-14H2,1-2H3/t15-,18+/m1/s1. The van der Waals surface area contributed by atoms with Crippen LogP contribution in [-0.4, -0.2) is 55.3 Å². The van der Waals surface area contributed by atoms with Crippen LogP contribution in [-0.2, 0) is 16.3 Å². The van der Waals surface area contributed by atoms with Crippen LogP contribution in [0.4, 0.5) is 0 Å². The van der Waals surface area contributed by atoms with Gasteiger partial charge >= 0.3 is 0 Å². The number of rotatable bonds is 7. The third-order valence-corrected chi connectivity index (χ3v) is 5.96. The molecule has 2 heterocycles. The lowest BCUT2D eigenvalue weighted by Crippen LogP contribution is -2.29. The van der Waals surface area contributed by atoms with Crippen LogP contribution in [0.25, 0.3) is 0 Å². The van der Waals surface area contributed by atoms with Gasteiger partial charge in [-0.25, -0.2) is 18.4 Å². The lowest BCUT2D eigenvalue weighted by Gasteiger charge is -2.21. The molecule has 1 fully saturated rings. The minimum Gasteiger partial charge on any atom is -0.476 e. The predicted molar refractivity (Wildman–Crippen MR) is 105 cm³/mol. The smallest absolute Gasteiger partial charge is 0.232 e. The van der Waals surface area contributed by atoms with Gasteiger partial charge in [0, 0.05) is 31.3 Å². The number of nitrogens with zero attached hydrogens (tertiary/aromatic N) is 4. The number of likely N-dealkylation sites (tertiary alicyclic amines) is 1. The van der Waals surface area contributed by atoms with Crippen LogP contribution in [0.2, 0.25) is 0 Å². The molecule has 2 atom stereocenters. The lowest BCUT2D eigenvalue weighted by molar-refractivity contribution is 0.228. The highest BCUT2D eigenvalue weighted by Gasteiger charge is 2.29. The number of aromatic nitrogens is 2. The molecule has 0 amide bonds. The quantitative estimate of drug-likeness (QED) is 0.702. The molecule has 0 N–H and O–H groups in total. The van der Waals surface area contributed by atoms with Gasteiger partial charge in [-0.05, 0) is 37.5 Å². The van der Waals surface area contributed by atoms with Gasteiger partial charge in [0.05, 0.1) is 30.6 Å². The molecule has 0 radical (unpaired) electrons. The van der Waals surface area contributed by atoms with E-state index in [0.29, 0.717) is 30.0 Å². The molecule has 1 aromatic carbocycles. The summed E-state index contributed by atoms with van der Waals surface area (Å²) in [7, 11) is -3.35. The first-order chi connectivity index (χ1) is 13.3. The van der Waals surface area contributed by atoms with Crippen molar-refractivity contribution in [1.82, 2.24) is 14.9 Å². The molecular formula is C20H24N4O3S. The summed E-state index contributed by atoms with van der Waals surface area (Å²) < 4.78 is 28.6. The van der Waals surface area contributed by atoms with E-state index in [4.69, 9.17) is 10.00 Å². The molecule has 0 bridgehead atoms. The minimum absolute atomic E-state index is 0.0546. The first-order valence-electron chi connectivity index (χ1n) is 9.23. The fourth-order valence-electron chi connectivity index (χ4n) is 3.49. The summed E-state index contributed by atoms with van der Waals surface area (Å²) in [5, 5.41) is 8.96. The van der Waals surface area contributed by atoms with Crippen LogP contribution < -0.4 is 4.74 Å². The molecule has 0 unspecified atom stereocenters. The van der Waals surface area contributed by atoms with Crippen molar-refractivity contribution in [1.29, 1.82) is 5.26 Å². The number of sulfone groups is 1. The van der Waals surface area contributed by atoms with Crippen molar-refractivity contribution in [2.45, 2.75) is 30.8 Å². The van der Waals surface area contributed by atoms with Crippen LogP contribution in [0, 0.1) is 17.2 Å². The van der Waals surface area contributed by atoms with Crippen molar-refractivity contribution in [2.75, 3.05) is 26.0 Å². The van der Waals surface area contributed by atoms with Gasteiger partial charge in [0.15, 0.2) is 14.9 Å². The Balaban J connectivity index is 1.49. The van der Waals surface area contributed by atoms with Crippen LogP contribution >= 0.6 is 0 Å². The number of ether oxygens (including phenoxy) is 1. The zero-order valence-corrected chi connectivity index (χ0v) is 16.9. The maximum absolute atomic E-state index is 11.4. The van der Waals surface area contributed by atoms with Crippen LogP contribution in [0.3, 0.4) is 0 Å². The summed E-state index contributed by atoms with van der Waals surface area (Å²) in [6.45, 7) is 4.62. The third-order valence-electron chi connectivity index (χ3n) is 4.99. The van der Waals surface area contributed by atoms with Crippen LogP contribution in [0.15, 0.2) is 41.7 Å². The zero-order chi connectivity index (χ0) is 20.1. The monoisotopic (exact) mass is 400 g/mol. The lowest BCUT2D eigenvalue weighted by atomic mass is 10.1. The predicted octanol–water partition coefficient (Wildman–Crippen LogP) is 2.08. The van der Waals surface area contributed by atoms with E-state index in [1.54, 1.807) is 0 Å². The Morgan fingerprint density at radius 2 is 2.14 bits per heavy atom. The SMILES string of the molecule is C[C@@H]1C[C@H](COc2cnc(S(C)(=O)=O)cn2)CN1CCc1cccc(C#N)c1. The maximum Gasteiger partial charge on any atom is 0.232 e. The normalized spacial score (nSPS) is 20.0. The highest BCUT2D eigenvalue weighted by molar-refractivity contribution is 7.90. The molecule has 8 heteroatoms. The van der Waals surface area contributed by atoms with Crippen molar-refractivity contribution in [3.8, 4) is 11.9 Å². The van der Waals surface area contributed by atoms with Crippen molar-refractivity contribution >= 4 is 9.84 Å². The number of hydrogen-bond acceptors (Lipinski definition) is 7. The first kappa shape index (κ1) is 20.2. The molecule has 1 saturated heterocycles. The van der Waals surface area contributed by atoms with Crippen molar-refractivity contribution in [3.63, 3.8) is 0 Å². The van der Waals surface area contributed by atoms with Gasteiger partial charge in [-0.2, -0.15) is 5.26 Å². The Morgan fingerprint density at radius 3 is 2.82 bits per heavy atom. The molecule has 0 spiro atoms. The second kappa shape index (κ2) is 8.67. The van der Waals surface area contributed by atoms with Crippen molar-refractivity contribution in [3.05, 3.63) is 47.8 Å². The summed E-state index contributed by atoms with van der Waals surface area (Å²) in [6.07, 6.45) is 5.62. The minimum atomic E-state index is -3.35. The Labute approximate surface area is 165 Å². The molecule has 1 aliphatic rings. The third kappa shape index (κ3) is 5.27. The second-order valence-corrected chi connectivity index (χ2v) is 9.25. The Morgan fingerprint density at radius 1 is 1.32 bits per heavy atom. The second-order valence-electron chi connectivity index (χ2n) is 7.28. The van der Waals surface area contributed by atoms with Crippen molar-refractivity contribution in [2.24, 2.45) is 5.92 Å². The van der Waals surface area contributed by atoms with Gasteiger partial charge < -0.3 is 4.74 Å². The summed E-state index contributed by atoms with van der Waals surface area (Å²) in [6, 6.07) is 10.4. The van der Waals surface area contributed by atoms with Crippen LogP contribution in [0.1, 0.15) is 24.5 Å². The highest BCUT2D eigenvalue weighted by Crippen LogP contribution is 2.24. The Bertz CT molecular complexity index is 954. The molecule has 0 saturated carbocycles. The van der Waals surface area contributed by atoms with Gasteiger partial charge in [-0.3, -0.25) is 4.90 Å². The van der Waals surface area contributed by atoms with E-state index in [0.717, 1.165) is 32.2 Å². The average Bonchev–Trinajstić information content (AvgIpc) is 3.04. The van der Waals surface area contributed by atoms with Gasteiger partial charge in [-0.15, -0.1) is 0 Å². The van der Waals surface area contributed by atoms with Gasteiger partial charge in [0.25, 0.3) is 0 Å². The highest BCUT2D eigenvalue weighted by atomic mass is 32.2. The molecule has 0 aliphatic carbocycles. The molecule has 2 aromatic rings. The molecule has 1 aromatic heterocycles. The topological polar surface area (TPSA) is 96.2 Å². The number of hydrogen-bond donors (Lipinski definition) is 0. The Hall–Kier alpha value is -2.50. The zero-order valence-electron chi connectivity index (χ0n) is 16.1. The molecule has 148 valence electrons. The summed E-state index contributed by atoms with van der Waals surface area (Å²) in [5.74, 6) is 0.726. The average molecular weight is 401 g/mol. The molecular weight excluding hydrogens is 376 g/mol. The van der Waals surface area contributed by atoms with E-state index in [-0.39, 0.29) is 5.03 Å². The van der Waals surface area contributed by atoms with Crippen LogP contribution in [0.5, 0.6) is 5.88 Å². The van der Waals surface area contributed by atoms with E-state index >= 15 is 0 Å². The van der Waals surface area contributed by atoms with E-state index < -0.39 is 9.84 Å². The van der Waals surface area contributed by atoms with Gasteiger partial charge in [0.1, 0.15) is 0 Å². The summed E-state index contributed by atoms with van der Waals surface area (Å²) in [5.41, 5.74) is 1.87. The van der Waals surface area contributed by atoms with E-state index in [1.807, 2.05) is 18.2 Å². The van der Waals surface area contributed by atoms with Gasteiger partial charge in [-0.1, -0.05) is 12.1 Å². The fraction of sp³-hybridized carbons (Fsp3) is 0.450. The molecule has 7 nitrogen and oxygen atoms in total. The maximum atomic E-state index is 11.4. The number of benzene rings is 1. The summed E-state index contributed by atoms with van der Waals surface area (Å²) in [4.78, 5) is 10.4. The fourth-order valence-corrected chi connectivity index (χ4v) is 3.98. The Kier molecular flexibility index (Phi) is 6.27. The number of nitriles is 1.